The molecule has 8 heteroatoms. The van der Waals surface area contributed by atoms with Crippen LogP contribution < -0.4 is 10.6 Å². The summed E-state index contributed by atoms with van der Waals surface area (Å²) >= 11 is 0. The molecule has 0 saturated carbocycles. The molecule has 1 atom stereocenters. The van der Waals surface area contributed by atoms with Gasteiger partial charge in [0.15, 0.2) is 5.78 Å². The quantitative estimate of drug-likeness (QED) is 0.424. The molecular weight excluding hydrogens is 418 g/mol. The van der Waals surface area contributed by atoms with Crippen molar-refractivity contribution < 1.29 is 14.4 Å². The molecule has 2 amide bonds. The molecule has 0 aliphatic rings. The van der Waals surface area contributed by atoms with E-state index >= 15 is 0 Å². The first-order chi connectivity index (χ1) is 16.0. The van der Waals surface area contributed by atoms with E-state index in [2.05, 4.69) is 20.7 Å². The maximum absolute atomic E-state index is 12.6. The number of benzene rings is 3. The predicted octanol–water partition coefficient (Wildman–Crippen LogP) is 3.96. The molecule has 0 aliphatic carbocycles. The van der Waals surface area contributed by atoms with Gasteiger partial charge in [0.1, 0.15) is 18.7 Å². The lowest BCUT2D eigenvalue weighted by molar-refractivity contribution is -0.119. The van der Waals surface area contributed by atoms with Crippen LogP contribution in [-0.4, -0.2) is 32.4 Å². The number of aromatic nitrogens is 3. The molecule has 1 aromatic heterocycles. The lowest BCUT2D eigenvalue weighted by atomic mass is 10.0. The van der Waals surface area contributed by atoms with Gasteiger partial charge in [0.25, 0.3) is 5.91 Å². The Morgan fingerprint density at radius 2 is 1.33 bits per heavy atom. The van der Waals surface area contributed by atoms with Gasteiger partial charge >= 0.3 is 0 Å². The Bertz CT molecular complexity index is 1250. The molecule has 0 saturated heterocycles. The number of ketones is 1. The van der Waals surface area contributed by atoms with Gasteiger partial charge in [-0.3, -0.25) is 14.4 Å². The molecule has 0 radical (unpaired) electrons. The highest BCUT2D eigenvalue weighted by Crippen LogP contribution is 2.17. The monoisotopic (exact) mass is 439 g/mol. The Kier molecular flexibility index (Phi) is 6.36. The molecule has 0 fully saturated rings. The van der Waals surface area contributed by atoms with Crippen molar-refractivity contribution in [3.63, 3.8) is 0 Å². The van der Waals surface area contributed by atoms with Crippen LogP contribution in [0.15, 0.2) is 91.5 Å². The van der Waals surface area contributed by atoms with E-state index in [0.717, 1.165) is 0 Å². The number of carbonyl (C=O) groups is 3. The second-order valence-corrected chi connectivity index (χ2v) is 7.34. The summed E-state index contributed by atoms with van der Waals surface area (Å²) in [5.41, 5.74) is 2.70. The molecule has 3 aromatic carbocycles. The highest BCUT2D eigenvalue weighted by Gasteiger charge is 2.16. The van der Waals surface area contributed by atoms with Crippen LogP contribution in [-0.2, 0) is 4.79 Å². The molecule has 2 N–H and O–H groups in total. The zero-order valence-electron chi connectivity index (χ0n) is 17.8. The van der Waals surface area contributed by atoms with Crippen LogP contribution in [0, 0.1) is 0 Å². The minimum absolute atomic E-state index is 0.0988. The third kappa shape index (κ3) is 5.19. The fraction of sp³-hybridized carbons (Fsp3) is 0.0800. The maximum atomic E-state index is 12.6. The van der Waals surface area contributed by atoms with Crippen LogP contribution in [0.25, 0.3) is 0 Å². The first kappa shape index (κ1) is 21.6. The van der Waals surface area contributed by atoms with Crippen molar-refractivity contribution in [2.24, 2.45) is 0 Å². The van der Waals surface area contributed by atoms with Crippen molar-refractivity contribution in [2.75, 3.05) is 10.6 Å². The highest BCUT2D eigenvalue weighted by atomic mass is 16.2. The summed E-state index contributed by atoms with van der Waals surface area (Å²) in [6.45, 7) is 1.72. The Morgan fingerprint density at radius 3 is 1.94 bits per heavy atom. The lowest BCUT2D eigenvalue weighted by Crippen LogP contribution is -2.24. The van der Waals surface area contributed by atoms with Crippen LogP contribution in [0.2, 0.25) is 0 Å². The summed E-state index contributed by atoms with van der Waals surface area (Å²) in [6.07, 6.45) is 2.85. The summed E-state index contributed by atoms with van der Waals surface area (Å²) in [5.74, 6) is -0.633. The number of carbonyl (C=O) groups excluding carboxylic acids is 3. The van der Waals surface area contributed by atoms with Gasteiger partial charge in [0.05, 0.1) is 0 Å². The van der Waals surface area contributed by atoms with Gasteiger partial charge in [-0.05, 0) is 43.3 Å². The topological polar surface area (TPSA) is 106 Å². The number of nitrogens with zero attached hydrogens (tertiary/aromatic N) is 3. The highest BCUT2D eigenvalue weighted by molar-refractivity contribution is 6.10. The van der Waals surface area contributed by atoms with Gasteiger partial charge in [-0.2, -0.15) is 5.10 Å². The van der Waals surface area contributed by atoms with Gasteiger partial charge in [-0.25, -0.2) is 9.67 Å². The normalized spacial score (nSPS) is 11.4. The molecular formula is C25H21N5O3. The number of anilines is 2. The van der Waals surface area contributed by atoms with Crippen LogP contribution >= 0.6 is 0 Å². The smallest absolute Gasteiger partial charge is 0.255 e. The average Bonchev–Trinajstić information content (AvgIpc) is 3.40. The standard InChI is InChI=1S/C25H21N5O3/c1-17(30-16-26-15-27-30)24(32)28-21-11-13-22(14-12-21)29-25(33)20-9-7-19(8-10-20)23(31)18-5-3-2-4-6-18/h2-17H,1H3,(H,28,32)(H,29,33)/t17-/m0/s1. The van der Waals surface area contributed by atoms with Gasteiger partial charge < -0.3 is 10.6 Å². The van der Waals surface area contributed by atoms with E-state index in [1.807, 2.05) is 18.2 Å². The van der Waals surface area contributed by atoms with Crippen LogP contribution in [0.5, 0.6) is 0 Å². The number of hydrogen-bond acceptors (Lipinski definition) is 5. The van der Waals surface area contributed by atoms with Crippen molar-refractivity contribution in [3.8, 4) is 0 Å². The SMILES string of the molecule is C[C@@H](C(=O)Nc1ccc(NC(=O)c2ccc(C(=O)c3ccccc3)cc2)cc1)n1cncn1. The van der Waals surface area contributed by atoms with E-state index in [1.165, 1.54) is 17.3 Å². The third-order valence-electron chi connectivity index (χ3n) is 5.07. The maximum Gasteiger partial charge on any atom is 0.255 e. The number of amides is 2. The second-order valence-electron chi connectivity index (χ2n) is 7.34. The Hall–Kier alpha value is -4.59. The Balaban J connectivity index is 1.35. The van der Waals surface area contributed by atoms with Crippen LogP contribution in [0.4, 0.5) is 11.4 Å². The molecule has 1 heterocycles. The molecule has 4 aromatic rings. The minimum atomic E-state index is -0.511. The van der Waals surface area contributed by atoms with Gasteiger partial charge in [-0.15, -0.1) is 0 Å². The number of rotatable bonds is 7. The van der Waals surface area contributed by atoms with Crippen molar-refractivity contribution in [1.29, 1.82) is 0 Å². The fourth-order valence-corrected chi connectivity index (χ4v) is 3.15. The van der Waals surface area contributed by atoms with E-state index in [-0.39, 0.29) is 17.6 Å². The van der Waals surface area contributed by atoms with Gasteiger partial charge in [0.2, 0.25) is 5.91 Å². The summed E-state index contributed by atoms with van der Waals surface area (Å²) in [5, 5.41) is 9.57. The summed E-state index contributed by atoms with van der Waals surface area (Å²) in [6, 6.07) is 21.8. The van der Waals surface area contributed by atoms with Crippen LogP contribution in [0.3, 0.4) is 0 Å². The molecule has 4 rings (SSSR count). The fourth-order valence-electron chi connectivity index (χ4n) is 3.15. The molecule has 164 valence electrons. The predicted molar refractivity (Wildman–Crippen MR) is 124 cm³/mol. The van der Waals surface area contributed by atoms with E-state index in [4.69, 9.17) is 0 Å². The largest absolute Gasteiger partial charge is 0.324 e. The first-order valence-electron chi connectivity index (χ1n) is 10.3. The molecule has 0 bridgehead atoms. The molecule has 0 spiro atoms. The molecule has 8 nitrogen and oxygen atoms in total. The number of hydrogen-bond donors (Lipinski definition) is 2. The minimum Gasteiger partial charge on any atom is -0.324 e. The van der Waals surface area contributed by atoms with Crippen LogP contribution in [0.1, 0.15) is 39.2 Å². The summed E-state index contributed by atoms with van der Waals surface area (Å²) < 4.78 is 1.46. The van der Waals surface area contributed by atoms with E-state index in [0.29, 0.717) is 28.1 Å². The van der Waals surface area contributed by atoms with Crippen molar-refractivity contribution >= 4 is 29.0 Å². The van der Waals surface area contributed by atoms with E-state index in [9.17, 15) is 14.4 Å². The zero-order valence-corrected chi connectivity index (χ0v) is 17.8. The summed E-state index contributed by atoms with van der Waals surface area (Å²) in [4.78, 5) is 41.2. The van der Waals surface area contributed by atoms with Gasteiger partial charge in [-0.1, -0.05) is 42.5 Å². The van der Waals surface area contributed by atoms with E-state index in [1.54, 1.807) is 67.6 Å². The molecule has 0 unspecified atom stereocenters. The zero-order chi connectivity index (χ0) is 23.2. The molecule has 33 heavy (non-hydrogen) atoms. The first-order valence-corrected chi connectivity index (χ1v) is 10.3. The lowest BCUT2D eigenvalue weighted by Gasteiger charge is -2.12. The average molecular weight is 439 g/mol. The van der Waals surface area contributed by atoms with Crippen molar-refractivity contribution in [3.05, 3.63) is 108 Å². The Morgan fingerprint density at radius 1 is 0.758 bits per heavy atom. The van der Waals surface area contributed by atoms with E-state index < -0.39 is 6.04 Å². The molecule has 0 aliphatic heterocycles. The third-order valence-corrected chi connectivity index (χ3v) is 5.07. The second kappa shape index (κ2) is 9.69. The Labute approximate surface area is 190 Å². The number of nitrogens with one attached hydrogen (secondary N) is 2. The summed E-state index contributed by atoms with van der Waals surface area (Å²) in [7, 11) is 0. The van der Waals surface area contributed by atoms with Crippen molar-refractivity contribution in [1.82, 2.24) is 14.8 Å². The van der Waals surface area contributed by atoms with Crippen molar-refractivity contribution in [2.45, 2.75) is 13.0 Å². The van der Waals surface area contributed by atoms with Gasteiger partial charge in [0, 0.05) is 28.1 Å².